The van der Waals surface area contributed by atoms with Gasteiger partial charge < -0.3 is 15.2 Å². The smallest absolute Gasteiger partial charge is 0.308 e. The number of nitrogens with one attached hydrogen (secondary N) is 2. The third kappa shape index (κ3) is 5.27. The lowest BCUT2D eigenvalue weighted by molar-refractivity contribution is -0.144. The van der Waals surface area contributed by atoms with Gasteiger partial charge in [-0.05, 0) is 55.9 Å². The minimum atomic E-state index is -3.56. The van der Waals surface area contributed by atoms with Gasteiger partial charge >= 0.3 is 5.97 Å². The average molecular weight is 396 g/mol. The molecule has 3 rings (SSSR count). The molecule has 0 spiro atoms. The van der Waals surface area contributed by atoms with Crippen LogP contribution in [0.15, 0.2) is 29.2 Å². The summed E-state index contributed by atoms with van der Waals surface area (Å²) in [6.45, 7) is 1.10. The number of amides is 1. The number of hydrogen-bond donors (Lipinski definition) is 3. The zero-order valence-electron chi connectivity index (χ0n) is 14.9. The first-order chi connectivity index (χ1) is 12.9. The number of hydrogen-bond acceptors (Lipinski definition) is 5. The van der Waals surface area contributed by atoms with Crippen molar-refractivity contribution in [1.29, 1.82) is 0 Å². The van der Waals surface area contributed by atoms with Gasteiger partial charge in [0.25, 0.3) is 5.91 Å². The number of benzene rings is 1. The zero-order chi connectivity index (χ0) is 19.4. The normalized spacial score (nSPS) is 19.4. The Bertz CT molecular complexity index is 783. The van der Waals surface area contributed by atoms with Gasteiger partial charge in [-0.25, -0.2) is 13.1 Å². The average Bonchev–Trinajstić information content (AvgIpc) is 3.46. The van der Waals surface area contributed by atoms with E-state index in [1.165, 1.54) is 24.3 Å². The van der Waals surface area contributed by atoms with Crippen molar-refractivity contribution in [2.75, 3.05) is 19.8 Å². The van der Waals surface area contributed by atoms with Crippen LogP contribution in [-0.4, -0.2) is 51.2 Å². The van der Waals surface area contributed by atoms with Gasteiger partial charge in [0.05, 0.1) is 10.8 Å². The number of carboxylic acid groups (broad SMARTS) is 1. The minimum absolute atomic E-state index is 0.0103. The Morgan fingerprint density at radius 2 is 1.74 bits per heavy atom. The van der Waals surface area contributed by atoms with Gasteiger partial charge in [-0.2, -0.15) is 0 Å². The van der Waals surface area contributed by atoms with Crippen molar-refractivity contribution >= 4 is 21.9 Å². The number of aliphatic carboxylic acids is 1. The summed E-state index contributed by atoms with van der Waals surface area (Å²) in [6.07, 6.45) is 3.01. The molecule has 0 radical (unpaired) electrons. The van der Waals surface area contributed by atoms with Crippen molar-refractivity contribution in [3.63, 3.8) is 0 Å². The van der Waals surface area contributed by atoms with Gasteiger partial charge in [-0.15, -0.1) is 0 Å². The molecule has 1 saturated heterocycles. The Hall–Kier alpha value is -1.97. The molecule has 1 saturated carbocycles. The van der Waals surface area contributed by atoms with Gasteiger partial charge in [0.15, 0.2) is 0 Å². The number of rotatable bonds is 8. The molecule has 1 unspecified atom stereocenters. The summed E-state index contributed by atoms with van der Waals surface area (Å²) >= 11 is 0. The molecule has 3 N–H and O–H groups in total. The predicted molar refractivity (Wildman–Crippen MR) is 96.8 cm³/mol. The maximum Gasteiger partial charge on any atom is 0.308 e. The molecule has 1 aromatic carbocycles. The number of sulfonamides is 1. The summed E-state index contributed by atoms with van der Waals surface area (Å²) in [5.41, 5.74) is 0.288. The summed E-state index contributed by atoms with van der Waals surface area (Å²) < 4.78 is 32.1. The van der Waals surface area contributed by atoms with E-state index in [1.807, 2.05) is 0 Å². The highest BCUT2D eigenvalue weighted by molar-refractivity contribution is 7.89. The fourth-order valence-electron chi connectivity index (χ4n) is 3.15. The molecular weight excluding hydrogens is 372 g/mol. The van der Waals surface area contributed by atoms with Crippen LogP contribution in [0.25, 0.3) is 0 Å². The lowest BCUT2D eigenvalue weighted by Crippen LogP contribution is -2.39. The molecule has 2 fully saturated rings. The minimum Gasteiger partial charge on any atom is -0.481 e. The van der Waals surface area contributed by atoms with E-state index in [4.69, 9.17) is 4.74 Å². The van der Waals surface area contributed by atoms with Crippen molar-refractivity contribution in [3.8, 4) is 0 Å². The van der Waals surface area contributed by atoms with Crippen LogP contribution in [0.5, 0.6) is 0 Å². The molecule has 1 heterocycles. The van der Waals surface area contributed by atoms with Crippen LogP contribution in [-0.2, 0) is 19.6 Å². The highest BCUT2D eigenvalue weighted by Gasteiger charge is 2.30. The highest BCUT2D eigenvalue weighted by atomic mass is 32.2. The molecule has 1 atom stereocenters. The zero-order valence-corrected chi connectivity index (χ0v) is 15.7. The van der Waals surface area contributed by atoms with E-state index in [1.54, 1.807) is 0 Å². The van der Waals surface area contributed by atoms with Gasteiger partial charge in [-0.1, -0.05) is 0 Å². The Kier molecular flexibility index (Phi) is 6.13. The van der Waals surface area contributed by atoms with Gasteiger partial charge in [0.1, 0.15) is 0 Å². The lowest BCUT2D eigenvalue weighted by atomic mass is 9.86. The largest absolute Gasteiger partial charge is 0.481 e. The van der Waals surface area contributed by atoms with E-state index in [0.717, 1.165) is 12.8 Å². The van der Waals surface area contributed by atoms with E-state index in [2.05, 4.69) is 10.0 Å². The van der Waals surface area contributed by atoms with E-state index >= 15 is 0 Å². The van der Waals surface area contributed by atoms with E-state index < -0.39 is 27.8 Å². The number of carbonyl (C=O) groups is 2. The van der Waals surface area contributed by atoms with Gasteiger partial charge in [-0.3, -0.25) is 9.59 Å². The van der Waals surface area contributed by atoms with Crippen molar-refractivity contribution in [3.05, 3.63) is 29.8 Å². The topological polar surface area (TPSA) is 122 Å². The third-order valence-electron chi connectivity index (χ3n) is 4.96. The van der Waals surface area contributed by atoms with Crippen LogP contribution in [0.3, 0.4) is 0 Å². The molecule has 0 aromatic heterocycles. The standard InChI is InChI=1S/C18H24N2O6S/c21-17(19-11-16(18(22)23)12-7-9-26-10-8-12)13-1-5-15(6-2-13)27(24,25)20-14-3-4-14/h1-2,5-6,12,14,16,20H,3-4,7-11H2,(H,19,21)(H,22,23). The second-order valence-corrected chi connectivity index (χ2v) is 8.74. The molecule has 1 aliphatic carbocycles. The molecular formula is C18H24N2O6S. The quantitative estimate of drug-likeness (QED) is 0.602. The Morgan fingerprint density at radius 1 is 1.11 bits per heavy atom. The highest BCUT2D eigenvalue weighted by Crippen LogP contribution is 2.24. The van der Waals surface area contributed by atoms with E-state index in [9.17, 15) is 23.1 Å². The Morgan fingerprint density at radius 3 is 2.30 bits per heavy atom. The molecule has 1 aliphatic heterocycles. The molecule has 8 nitrogen and oxygen atoms in total. The van der Waals surface area contributed by atoms with Crippen LogP contribution in [0.4, 0.5) is 0 Å². The fraction of sp³-hybridized carbons (Fsp3) is 0.556. The lowest BCUT2D eigenvalue weighted by Gasteiger charge is -2.27. The summed E-state index contributed by atoms with van der Waals surface area (Å²) in [7, 11) is -3.56. The first-order valence-corrected chi connectivity index (χ1v) is 10.6. The maximum absolute atomic E-state index is 12.3. The van der Waals surface area contributed by atoms with Crippen molar-refractivity contribution in [1.82, 2.24) is 10.0 Å². The van der Waals surface area contributed by atoms with E-state index in [-0.39, 0.29) is 29.0 Å². The number of carbonyl (C=O) groups excluding carboxylic acids is 1. The molecule has 1 amide bonds. The molecule has 0 bridgehead atoms. The third-order valence-corrected chi connectivity index (χ3v) is 6.50. The fourth-order valence-corrected chi connectivity index (χ4v) is 4.46. The van der Waals surface area contributed by atoms with Gasteiger partial charge in [0.2, 0.25) is 10.0 Å². The summed E-state index contributed by atoms with van der Waals surface area (Å²) in [4.78, 5) is 23.9. The van der Waals surface area contributed by atoms with E-state index in [0.29, 0.717) is 26.1 Å². The second kappa shape index (κ2) is 8.37. The Labute approximate surface area is 158 Å². The van der Waals surface area contributed by atoms with Crippen LogP contribution < -0.4 is 10.0 Å². The molecule has 148 valence electrons. The molecule has 27 heavy (non-hydrogen) atoms. The van der Waals surface area contributed by atoms with Crippen LogP contribution in [0.1, 0.15) is 36.0 Å². The first kappa shape index (κ1) is 19.8. The molecule has 9 heteroatoms. The summed E-state index contributed by atoms with van der Waals surface area (Å²) in [5, 5.41) is 12.1. The Balaban J connectivity index is 1.59. The number of carboxylic acids is 1. The van der Waals surface area contributed by atoms with Crippen molar-refractivity contribution < 1.29 is 27.9 Å². The summed E-state index contributed by atoms with van der Waals surface area (Å²) in [5.74, 6) is -2.06. The monoisotopic (exact) mass is 396 g/mol. The van der Waals surface area contributed by atoms with Crippen LogP contribution in [0, 0.1) is 11.8 Å². The SMILES string of the molecule is O=C(NCC(C(=O)O)C1CCOCC1)c1ccc(S(=O)(=O)NC2CC2)cc1. The van der Waals surface area contributed by atoms with Crippen molar-refractivity contribution in [2.45, 2.75) is 36.6 Å². The first-order valence-electron chi connectivity index (χ1n) is 9.08. The van der Waals surface area contributed by atoms with Crippen LogP contribution in [0.2, 0.25) is 0 Å². The van der Waals surface area contributed by atoms with Crippen LogP contribution >= 0.6 is 0 Å². The molecule has 1 aromatic rings. The predicted octanol–water partition coefficient (Wildman–Crippen LogP) is 0.984. The second-order valence-electron chi connectivity index (χ2n) is 7.02. The maximum atomic E-state index is 12.3. The van der Waals surface area contributed by atoms with Gasteiger partial charge in [0, 0.05) is 31.4 Å². The summed E-state index contributed by atoms with van der Waals surface area (Å²) in [6, 6.07) is 5.64. The molecule has 2 aliphatic rings. The number of ether oxygens (including phenoxy) is 1. The van der Waals surface area contributed by atoms with Crippen molar-refractivity contribution in [2.24, 2.45) is 11.8 Å².